The molecular weight excluding hydrogens is 490 g/mol. The summed E-state index contributed by atoms with van der Waals surface area (Å²) >= 11 is 0. The Kier molecular flexibility index (Phi) is 7.23. The van der Waals surface area contributed by atoms with E-state index < -0.39 is 6.09 Å². The van der Waals surface area contributed by atoms with Crippen LogP contribution >= 0.6 is 0 Å². The van der Waals surface area contributed by atoms with E-state index in [0.29, 0.717) is 34.9 Å². The average Bonchev–Trinajstić information content (AvgIpc) is 3.38. The van der Waals surface area contributed by atoms with E-state index in [1.165, 1.54) is 0 Å². The smallest absolute Gasteiger partial charge is 0.411 e. The minimum atomic E-state index is -0.402. The van der Waals surface area contributed by atoms with Gasteiger partial charge in [-0.3, -0.25) is 15.0 Å². The number of allylic oxidation sites excluding steroid dienone is 1. The van der Waals surface area contributed by atoms with Crippen molar-refractivity contribution in [1.82, 2.24) is 9.88 Å². The molecular formula is C32H31N3O4. The number of aldehydes is 1. The van der Waals surface area contributed by atoms with Crippen LogP contribution in [0.1, 0.15) is 41.1 Å². The number of carbonyl (C=O) groups excluding carboxylic acids is 2. The Balaban J connectivity index is 1.15. The first-order valence-electron chi connectivity index (χ1n) is 13.6. The third-order valence-corrected chi connectivity index (χ3v) is 7.65. The van der Waals surface area contributed by atoms with E-state index in [4.69, 9.17) is 9.15 Å². The Morgan fingerprint density at radius 3 is 2.64 bits per heavy atom. The molecule has 7 heteroatoms. The van der Waals surface area contributed by atoms with Gasteiger partial charge in [0.25, 0.3) is 0 Å². The van der Waals surface area contributed by atoms with Crippen LogP contribution < -0.4 is 5.32 Å². The number of amides is 1. The number of fused-ring (bicyclic) bond motifs is 4. The number of aromatic nitrogens is 1. The highest BCUT2D eigenvalue weighted by molar-refractivity contribution is 5.92. The lowest BCUT2D eigenvalue weighted by atomic mass is 9.86. The molecule has 39 heavy (non-hydrogen) atoms. The molecule has 1 aromatic heterocycles. The Morgan fingerprint density at radius 1 is 1.05 bits per heavy atom. The van der Waals surface area contributed by atoms with Crippen LogP contribution in [0.5, 0.6) is 0 Å². The molecule has 198 valence electrons. The van der Waals surface area contributed by atoms with Gasteiger partial charge in [0.2, 0.25) is 0 Å². The van der Waals surface area contributed by atoms with Crippen LogP contribution in [-0.4, -0.2) is 48.0 Å². The quantitative estimate of drug-likeness (QED) is 0.263. The van der Waals surface area contributed by atoms with E-state index >= 15 is 0 Å². The molecule has 2 bridgehead atoms. The molecule has 3 aliphatic rings. The van der Waals surface area contributed by atoms with Gasteiger partial charge in [-0.1, -0.05) is 54.6 Å². The van der Waals surface area contributed by atoms with Crippen LogP contribution in [0, 0.1) is 5.92 Å². The number of anilines is 1. The first-order valence-corrected chi connectivity index (χ1v) is 13.6. The van der Waals surface area contributed by atoms with Crippen LogP contribution in [0.3, 0.4) is 0 Å². The number of ether oxygens (including phenoxy) is 1. The van der Waals surface area contributed by atoms with Gasteiger partial charge in [0.1, 0.15) is 17.9 Å². The number of nitrogens with zero attached hydrogens (tertiary/aromatic N) is 2. The Morgan fingerprint density at radius 2 is 1.87 bits per heavy atom. The minimum Gasteiger partial charge on any atom is -0.444 e. The number of aryl methyl sites for hydroxylation is 1. The first kappa shape index (κ1) is 25.1. The monoisotopic (exact) mass is 521 g/mol. The summed E-state index contributed by atoms with van der Waals surface area (Å²) < 4.78 is 11.7. The summed E-state index contributed by atoms with van der Waals surface area (Å²) in [4.78, 5) is 30.9. The second-order valence-corrected chi connectivity index (χ2v) is 10.3. The van der Waals surface area contributed by atoms with Crippen molar-refractivity contribution in [1.29, 1.82) is 0 Å². The zero-order chi connectivity index (χ0) is 26.6. The van der Waals surface area contributed by atoms with Crippen molar-refractivity contribution in [3.63, 3.8) is 0 Å². The highest BCUT2D eigenvalue weighted by Crippen LogP contribution is 2.32. The third-order valence-electron chi connectivity index (χ3n) is 7.65. The van der Waals surface area contributed by atoms with Crippen molar-refractivity contribution in [2.45, 2.75) is 31.8 Å². The largest absolute Gasteiger partial charge is 0.444 e. The predicted molar refractivity (Wildman–Crippen MR) is 152 cm³/mol. The predicted octanol–water partition coefficient (Wildman–Crippen LogP) is 6.60. The van der Waals surface area contributed by atoms with Crippen molar-refractivity contribution in [2.75, 3.05) is 25.0 Å². The van der Waals surface area contributed by atoms with E-state index in [1.807, 2.05) is 54.6 Å². The van der Waals surface area contributed by atoms with Gasteiger partial charge >= 0.3 is 6.09 Å². The summed E-state index contributed by atoms with van der Waals surface area (Å²) in [5.41, 5.74) is 5.62. The summed E-state index contributed by atoms with van der Waals surface area (Å²) in [5, 5.41) is 3.03. The lowest BCUT2D eigenvalue weighted by Gasteiger charge is -2.43. The fourth-order valence-electron chi connectivity index (χ4n) is 5.56. The fraction of sp³-hybridized carbons (Fsp3) is 0.281. The third kappa shape index (κ3) is 5.78. The Hall–Kier alpha value is -4.23. The molecule has 7 rings (SSSR count). The maximum Gasteiger partial charge on any atom is 0.411 e. The highest BCUT2D eigenvalue weighted by Gasteiger charge is 2.36. The van der Waals surface area contributed by atoms with Crippen LogP contribution in [0.4, 0.5) is 10.5 Å². The average molecular weight is 522 g/mol. The molecule has 0 aliphatic carbocycles. The van der Waals surface area contributed by atoms with E-state index in [-0.39, 0.29) is 6.10 Å². The molecule has 3 saturated heterocycles. The van der Waals surface area contributed by atoms with E-state index in [0.717, 1.165) is 67.6 Å². The van der Waals surface area contributed by atoms with Crippen LogP contribution in [0.2, 0.25) is 0 Å². The summed E-state index contributed by atoms with van der Waals surface area (Å²) in [6, 6.07) is 21.3. The minimum absolute atomic E-state index is 0.0485. The van der Waals surface area contributed by atoms with Gasteiger partial charge < -0.3 is 9.15 Å². The van der Waals surface area contributed by atoms with Gasteiger partial charge in [-0.2, -0.15) is 0 Å². The number of rotatable bonds is 8. The Bertz CT molecular complexity index is 1500. The second kappa shape index (κ2) is 11.3. The van der Waals surface area contributed by atoms with Gasteiger partial charge in [-0.15, -0.1) is 0 Å². The first-order chi connectivity index (χ1) is 19.1. The maximum absolute atomic E-state index is 13.0. The number of hydrogen-bond donors (Lipinski definition) is 1. The summed E-state index contributed by atoms with van der Waals surface area (Å²) in [6.07, 6.45) is 8.02. The molecule has 3 aliphatic heterocycles. The molecule has 0 saturated carbocycles. The molecule has 3 aromatic carbocycles. The molecule has 7 nitrogen and oxygen atoms in total. The maximum atomic E-state index is 13.0. The fourth-order valence-corrected chi connectivity index (χ4v) is 5.56. The van der Waals surface area contributed by atoms with Crippen molar-refractivity contribution in [2.24, 2.45) is 5.92 Å². The molecule has 0 unspecified atom stereocenters. The number of nitrogens with one attached hydrogen (secondary N) is 1. The number of benzene rings is 3. The molecule has 3 fully saturated rings. The lowest BCUT2D eigenvalue weighted by Crippen LogP contribution is -2.52. The topological polar surface area (TPSA) is 84.7 Å². The number of carbonyl (C=O) groups is 2. The number of piperidine rings is 3. The molecule has 0 radical (unpaired) electrons. The zero-order valence-electron chi connectivity index (χ0n) is 21.7. The molecule has 4 heterocycles. The van der Waals surface area contributed by atoms with Crippen molar-refractivity contribution < 1.29 is 18.7 Å². The molecule has 1 N–H and O–H groups in total. The van der Waals surface area contributed by atoms with Crippen LogP contribution in [0.25, 0.3) is 28.3 Å². The normalized spacial score (nSPS) is 20.4. The standard InChI is InChI=1S/C32H31N3O4/c36-21-23-11-13-29-28(19-23)33-31(38-29)9-5-4-6-22-10-12-26(24-7-2-1-3-8-24)27(18-22)34-32(37)39-30-20-35-16-14-25(30)15-17-35/h1-4,6-8,10-13,18-19,21,25,30H,5,9,14-17,20H2,(H,34,37)/b6-4+/t30-/m0/s1. The summed E-state index contributed by atoms with van der Waals surface area (Å²) in [6.45, 7) is 3.03. The van der Waals surface area contributed by atoms with E-state index in [2.05, 4.69) is 21.3 Å². The van der Waals surface area contributed by atoms with Crippen molar-refractivity contribution in [3.05, 3.63) is 89.8 Å². The van der Waals surface area contributed by atoms with Gasteiger partial charge in [0.15, 0.2) is 11.5 Å². The molecule has 1 atom stereocenters. The van der Waals surface area contributed by atoms with Gasteiger partial charge in [-0.25, -0.2) is 9.78 Å². The zero-order valence-corrected chi connectivity index (χ0v) is 21.7. The Labute approximate surface area is 227 Å². The molecule has 0 spiro atoms. The lowest BCUT2D eigenvalue weighted by molar-refractivity contribution is -0.0289. The van der Waals surface area contributed by atoms with E-state index in [1.54, 1.807) is 18.2 Å². The van der Waals surface area contributed by atoms with E-state index in [9.17, 15) is 9.59 Å². The SMILES string of the molecule is O=Cc1ccc2oc(CC/C=C/c3ccc(-c4ccccc4)c(NC(=O)O[C@H]4CN5CCC4CC5)c3)nc2c1. The van der Waals surface area contributed by atoms with Crippen LogP contribution in [-0.2, 0) is 11.2 Å². The van der Waals surface area contributed by atoms with Crippen molar-refractivity contribution >= 4 is 35.2 Å². The second-order valence-electron chi connectivity index (χ2n) is 10.3. The van der Waals surface area contributed by atoms with Gasteiger partial charge in [-0.05, 0) is 73.7 Å². The molecule has 4 aromatic rings. The highest BCUT2D eigenvalue weighted by atomic mass is 16.6. The van der Waals surface area contributed by atoms with Gasteiger partial charge in [0, 0.05) is 24.1 Å². The molecule has 1 amide bonds. The van der Waals surface area contributed by atoms with Crippen molar-refractivity contribution in [3.8, 4) is 11.1 Å². The van der Waals surface area contributed by atoms with Crippen LogP contribution in [0.15, 0.2) is 77.2 Å². The number of oxazole rings is 1. The summed E-state index contributed by atoms with van der Waals surface area (Å²) in [5.74, 6) is 1.09. The number of hydrogen-bond acceptors (Lipinski definition) is 6. The summed E-state index contributed by atoms with van der Waals surface area (Å²) in [7, 11) is 0. The van der Waals surface area contributed by atoms with Gasteiger partial charge in [0.05, 0.1) is 5.69 Å².